The lowest BCUT2D eigenvalue weighted by atomic mass is 10.0. The first-order valence-electron chi connectivity index (χ1n) is 6.23. The van der Waals surface area contributed by atoms with Crippen LogP contribution in [-0.2, 0) is 4.79 Å². The predicted octanol–water partition coefficient (Wildman–Crippen LogP) is 3.81. The van der Waals surface area contributed by atoms with Gasteiger partial charge in [0.1, 0.15) is 0 Å². The van der Waals surface area contributed by atoms with E-state index in [2.05, 4.69) is 15.9 Å². The highest BCUT2D eigenvalue weighted by Gasteiger charge is 2.32. The van der Waals surface area contributed by atoms with Gasteiger partial charge in [0.2, 0.25) is 0 Å². The summed E-state index contributed by atoms with van der Waals surface area (Å²) in [7, 11) is 0. The van der Waals surface area contributed by atoms with Crippen LogP contribution < -0.4 is 10.6 Å². The number of amides is 2. The van der Waals surface area contributed by atoms with E-state index in [0.29, 0.717) is 20.7 Å². The first-order valence-corrected chi connectivity index (χ1v) is 7.40. The molecule has 0 saturated heterocycles. The van der Waals surface area contributed by atoms with Gasteiger partial charge in [0, 0.05) is 20.7 Å². The molecule has 0 bridgehead atoms. The summed E-state index contributed by atoms with van der Waals surface area (Å²) < 4.78 is 0.572. The van der Waals surface area contributed by atoms with Crippen LogP contribution in [0.25, 0.3) is 0 Å². The molecule has 0 spiro atoms. The molecular formula is C15H12BrClN2O3. The summed E-state index contributed by atoms with van der Waals surface area (Å²) >= 11 is 9.13. The molecule has 0 heterocycles. The number of benzene rings is 2. The number of anilines is 1. The van der Waals surface area contributed by atoms with Gasteiger partial charge in [-0.25, -0.2) is 9.59 Å². The number of rotatable bonds is 4. The molecule has 22 heavy (non-hydrogen) atoms. The van der Waals surface area contributed by atoms with Gasteiger partial charge in [-0.2, -0.15) is 0 Å². The third kappa shape index (κ3) is 3.40. The lowest BCUT2D eigenvalue weighted by molar-refractivity contribution is -0.138. The van der Waals surface area contributed by atoms with Crippen molar-refractivity contribution in [2.24, 2.45) is 5.73 Å². The zero-order valence-corrected chi connectivity index (χ0v) is 13.6. The Morgan fingerprint density at radius 1 is 1.14 bits per heavy atom. The van der Waals surface area contributed by atoms with E-state index in [1.54, 1.807) is 48.5 Å². The predicted molar refractivity (Wildman–Crippen MR) is 88.0 cm³/mol. The van der Waals surface area contributed by atoms with Crippen molar-refractivity contribution in [3.8, 4) is 0 Å². The molecular weight excluding hydrogens is 372 g/mol. The molecule has 5 nitrogen and oxygen atoms in total. The van der Waals surface area contributed by atoms with Gasteiger partial charge in [0.05, 0.1) is 0 Å². The second-order valence-electron chi connectivity index (χ2n) is 4.45. The maximum Gasteiger partial charge on any atom is 0.331 e. The van der Waals surface area contributed by atoms with Crippen LogP contribution in [0.2, 0.25) is 5.02 Å². The van der Waals surface area contributed by atoms with Gasteiger partial charge >= 0.3 is 12.0 Å². The second-order valence-corrected chi connectivity index (χ2v) is 5.74. The number of carbonyl (C=O) groups excluding carboxylic acids is 1. The minimum Gasteiger partial charge on any atom is -0.479 e. The highest BCUT2D eigenvalue weighted by Crippen LogP contribution is 2.32. The van der Waals surface area contributed by atoms with Gasteiger partial charge < -0.3 is 10.8 Å². The van der Waals surface area contributed by atoms with Crippen molar-refractivity contribution < 1.29 is 14.7 Å². The fourth-order valence-corrected chi connectivity index (χ4v) is 2.71. The topological polar surface area (TPSA) is 83.6 Å². The standard InChI is InChI=1S/C15H12BrClN2O3/c16-12-4-2-1-3-11(12)13(14(20)21)19(15(18)22)10-7-5-9(17)6-8-10/h1-8,13H,(H2,18,22)(H,20,21). The van der Waals surface area contributed by atoms with Crippen LogP contribution in [0.3, 0.4) is 0 Å². The summed E-state index contributed by atoms with van der Waals surface area (Å²) in [4.78, 5) is 24.6. The molecule has 114 valence electrons. The Kier molecular flexibility index (Phi) is 5.05. The van der Waals surface area contributed by atoms with Crippen molar-refractivity contribution >= 4 is 45.2 Å². The third-order valence-corrected chi connectivity index (χ3v) is 4.01. The average molecular weight is 384 g/mol. The quantitative estimate of drug-likeness (QED) is 0.842. The summed E-state index contributed by atoms with van der Waals surface area (Å²) in [6.07, 6.45) is 0. The summed E-state index contributed by atoms with van der Waals surface area (Å²) in [5.41, 5.74) is 6.18. The Bertz CT molecular complexity index is 706. The zero-order chi connectivity index (χ0) is 16.3. The van der Waals surface area contributed by atoms with E-state index >= 15 is 0 Å². The normalized spacial score (nSPS) is 11.7. The minimum atomic E-state index is -1.26. The highest BCUT2D eigenvalue weighted by atomic mass is 79.9. The van der Waals surface area contributed by atoms with Crippen LogP contribution in [0.5, 0.6) is 0 Å². The van der Waals surface area contributed by atoms with Gasteiger partial charge in [0.15, 0.2) is 6.04 Å². The SMILES string of the molecule is NC(=O)N(c1ccc(Cl)cc1)C(C(=O)O)c1ccccc1Br. The number of nitrogens with zero attached hydrogens (tertiary/aromatic N) is 1. The number of urea groups is 1. The van der Waals surface area contributed by atoms with Crippen LogP contribution in [-0.4, -0.2) is 17.1 Å². The molecule has 1 atom stereocenters. The molecule has 1 unspecified atom stereocenters. The molecule has 2 rings (SSSR count). The van der Waals surface area contributed by atoms with E-state index in [0.717, 1.165) is 4.90 Å². The van der Waals surface area contributed by atoms with E-state index in [1.165, 1.54) is 0 Å². The van der Waals surface area contributed by atoms with Gasteiger partial charge in [0.25, 0.3) is 0 Å². The van der Waals surface area contributed by atoms with Crippen LogP contribution in [0.1, 0.15) is 11.6 Å². The summed E-state index contributed by atoms with van der Waals surface area (Å²) in [6.45, 7) is 0. The summed E-state index contributed by atoms with van der Waals surface area (Å²) in [5, 5.41) is 10.1. The molecule has 0 aliphatic carbocycles. The Hall–Kier alpha value is -2.05. The largest absolute Gasteiger partial charge is 0.479 e. The number of carbonyl (C=O) groups is 2. The molecule has 0 aliphatic heterocycles. The highest BCUT2D eigenvalue weighted by molar-refractivity contribution is 9.10. The maximum atomic E-state index is 11.9. The molecule has 7 heteroatoms. The Morgan fingerprint density at radius 2 is 1.73 bits per heavy atom. The van der Waals surface area contributed by atoms with Crippen molar-refractivity contribution in [2.45, 2.75) is 6.04 Å². The first kappa shape index (κ1) is 16.3. The summed E-state index contributed by atoms with van der Waals surface area (Å²) in [6, 6.07) is 10.8. The molecule has 0 aromatic heterocycles. The fraction of sp³-hybridized carbons (Fsp3) is 0.0667. The number of carboxylic acids is 1. The minimum absolute atomic E-state index is 0.347. The van der Waals surface area contributed by atoms with Crippen molar-refractivity contribution in [2.75, 3.05) is 4.90 Å². The van der Waals surface area contributed by atoms with E-state index < -0.39 is 18.0 Å². The van der Waals surface area contributed by atoms with Crippen LogP contribution in [0.4, 0.5) is 10.5 Å². The van der Waals surface area contributed by atoms with Gasteiger partial charge in [-0.1, -0.05) is 45.7 Å². The molecule has 0 fully saturated rings. The van der Waals surface area contributed by atoms with Gasteiger partial charge in [-0.3, -0.25) is 4.90 Å². The maximum absolute atomic E-state index is 11.9. The molecule has 0 aliphatic rings. The first-order chi connectivity index (χ1) is 10.4. The number of aliphatic carboxylic acids is 1. The lowest BCUT2D eigenvalue weighted by Gasteiger charge is -2.28. The van der Waals surface area contributed by atoms with Crippen molar-refractivity contribution in [1.29, 1.82) is 0 Å². The monoisotopic (exact) mass is 382 g/mol. The number of hydrogen-bond donors (Lipinski definition) is 2. The van der Waals surface area contributed by atoms with Crippen molar-refractivity contribution in [1.82, 2.24) is 0 Å². The number of carboxylic acid groups (broad SMARTS) is 1. The van der Waals surface area contributed by atoms with Gasteiger partial charge in [-0.05, 0) is 30.3 Å². The van der Waals surface area contributed by atoms with Crippen LogP contribution in [0, 0.1) is 0 Å². The van der Waals surface area contributed by atoms with Crippen LogP contribution in [0.15, 0.2) is 53.0 Å². The molecule has 3 N–H and O–H groups in total. The summed E-state index contributed by atoms with van der Waals surface area (Å²) in [5.74, 6) is -1.19. The Labute approximate surface area is 140 Å². The number of nitrogens with two attached hydrogens (primary N) is 1. The molecule has 0 saturated carbocycles. The number of primary amides is 1. The smallest absolute Gasteiger partial charge is 0.331 e. The molecule has 2 aromatic carbocycles. The van der Waals surface area contributed by atoms with Crippen molar-refractivity contribution in [3.63, 3.8) is 0 Å². The number of halogens is 2. The second kappa shape index (κ2) is 6.81. The molecule has 0 radical (unpaired) electrons. The Balaban J connectivity index is 2.56. The van der Waals surface area contributed by atoms with Gasteiger partial charge in [-0.15, -0.1) is 0 Å². The Morgan fingerprint density at radius 3 is 2.23 bits per heavy atom. The molecule has 2 amide bonds. The fourth-order valence-electron chi connectivity index (χ4n) is 2.08. The zero-order valence-electron chi connectivity index (χ0n) is 11.2. The van der Waals surface area contributed by atoms with E-state index in [4.69, 9.17) is 17.3 Å². The third-order valence-electron chi connectivity index (χ3n) is 3.03. The van der Waals surface area contributed by atoms with Crippen molar-refractivity contribution in [3.05, 3.63) is 63.6 Å². The van der Waals surface area contributed by atoms with E-state index in [-0.39, 0.29) is 0 Å². The average Bonchev–Trinajstić information content (AvgIpc) is 2.46. The lowest BCUT2D eigenvalue weighted by Crippen LogP contribution is -2.42. The van der Waals surface area contributed by atoms with Crippen LogP contribution >= 0.6 is 27.5 Å². The number of hydrogen-bond acceptors (Lipinski definition) is 2. The molecule has 2 aromatic rings. The van der Waals surface area contributed by atoms with E-state index in [1.807, 2.05) is 0 Å². The van der Waals surface area contributed by atoms with E-state index in [9.17, 15) is 14.7 Å².